The first-order valence-electron chi connectivity index (χ1n) is 6.85. The summed E-state index contributed by atoms with van der Waals surface area (Å²) in [5, 5.41) is 13.6. The summed E-state index contributed by atoms with van der Waals surface area (Å²) in [4.78, 5) is 4.32. The third kappa shape index (κ3) is 2.70. The van der Waals surface area contributed by atoms with Crippen LogP contribution in [0.15, 0.2) is 54.7 Å². The van der Waals surface area contributed by atoms with Crippen LogP contribution < -0.4 is 5.32 Å². The second-order valence-corrected chi connectivity index (χ2v) is 5.01. The van der Waals surface area contributed by atoms with E-state index in [4.69, 9.17) is 0 Å². The number of aryl methyl sites for hydroxylation is 1. The van der Waals surface area contributed by atoms with Gasteiger partial charge < -0.3 is 5.32 Å². The highest BCUT2D eigenvalue weighted by Gasteiger charge is 2.08. The maximum Gasteiger partial charge on any atom is 0.103 e. The Morgan fingerprint density at radius 3 is 2.62 bits per heavy atom. The number of aromatic nitrogens is 1. The van der Waals surface area contributed by atoms with Crippen LogP contribution in [0.2, 0.25) is 0 Å². The Balaban J connectivity index is 1.95. The van der Waals surface area contributed by atoms with Crippen LogP contribution in [0.3, 0.4) is 0 Å². The van der Waals surface area contributed by atoms with E-state index in [9.17, 15) is 5.26 Å². The number of pyridine rings is 1. The van der Waals surface area contributed by atoms with Crippen molar-refractivity contribution < 1.29 is 0 Å². The summed E-state index contributed by atoms with van der Waals surface area (Å²) in [6, 6.07) is 18.4. The molecule has 0 saturated heterocycles. The highest BCUT2D eigenvalue weighted by Crippen LogP contribution is 2.25. The fraction of sp³-hybridized carbons (Fsp3) is 0.111. The molecule has 0 saturated carbocycles. The van der Waals surface area contributed by atoms with E-state index in [1.54, 1.807) is 6.20 Å². The van der Waals surface area contributed by atoms with Gasteiger partial charge in [0.25, 0.3) is 0 Å². The minimum absolute atomic E-state index is 0.570. The largest absolute Gasteiger partial charge is 0.379 e. The van der Waals surface area contributed by atoms with Crippen molar-refractivity contribution >= 4 is 16.6 Å². The molecule has 0 unspecified atom stereocenters. The average molecular weight is 273 g/mol. The number of fused-ring (bicyclic) bond motifs is 1. The lowest BCUT2D eigenvalue weighted by Gasteiger charge is -2.11. The van der Waals surface area contributed by atoms with Crippen molar-refractivity contribution in [3.63, 3.8) is 0 Å². The molecule has 1 aromatic heterocycles. The lowest BCUT2D eigenvalue weighted by atomic mass is 10.1. The molecule has 0 aliphatic heterocycles. The summed E-state index contributed by atoms with van der Waals surface area (Å²) >= 11 is 0. The van der Waals surface area contributed by atoms with Crippen molar-refractivity contribution in [2.24, 2.45) is 0 Å². The predicted octanol–water partition coefficient (Wildman–Crippen LogP) is 4.03. The van der Waals surface area contributed by atoms with E-state index < -0.39 is 0 Å². The zero-order chi connectivity index (χ0) is 14.7. The van der Waals surface area contributed by atoms with Gasteiger partial charge in [0.05, 0.1) is 16.8 Å². The summed E-state index contributed by atoms with van der Waals surface area (Å²) in [6.07, 6.45) is 1.62. The number of anilines is 1. The van der Waals surface area contributed by atoms with Crippen molar-refractivity contribution in [3.8, 4) is 6.07 Å². The number of rotatable bonds is 3. The Morgan fingerprint density at radius 2 is 1.86 bits per heavy atom. The maximum absolute atomic E-state index is 9.28. The summed E-state index contributed by atoms with van der Waals surface area (Å²) in [5.41, 5.74) is 4.74. The maximum atomic E-state index is 9.28. The molecule has 0 spiro atoms. The lowest BCUT2D eigenvalue weighted by Crippen LogP contribution is -2.02. The molecule has 3 nitrogen and oxygen atoms in total. The van der Waals surface area contributed by atoms with Crippen molar-refractivity contribution in [3.05, 3.63) is 71.4 Å². The highest BCUT2D eigenvalue weighted by atomic mass is 14.9. The van der Waals surface area contributed by atoms with E-state index in [1.807, 2.05) is 24.3 Å². The smallest absolute Gasteiger partial charge is 0.103 e. The van der Waals surface area contributed by atoms with Crippen molar-refractivity contribution in [1.29, 1.82) is 5.26 Å². The van der Waals surface area contributed by atoms with Crippen molar-refractivity contribution in [2.75, 3.05) is 5.32 Å². The van der Waals surface area contributed by atoms with Gasteiger partial charge in [-0.05, 0) is 18.6 Å². The molecule has 3 rings (SSSR count). The second-order valence-electron chi connectivity index (χ2n) is 5.01. The van der Waals surface area contributed by atoms with Crippen LogP contribution in [0.25, 0.3) is 10.9 Å². The average Bonchev–Trinajstić information content (AvgIpc) is 2.54. The summed E-state index contributed by atoms with van der Waals surface area (Å²) in [5.74, 6) is 0. The minimum atomic E-state index is 0.570. The third-order valence-electron chi connectivity index (χ3n) is 3.49. The fourth-order valence-corrected chi connectivity index (χ4v) is 2.31. The molecule has 0 radical (unpaired) electrons. The van der Waals surface area contributed by atoms with Gasteiger partial charge in [-0.2, -0.15) is 5.26 Å². The first-order chi connectivity index (χ1) is 10.3. The molecule has 0 atom stereocenters. The van der Waals surface area contributed by atoms with Gasteiger partial charge in [0.1, 0.15) is 6.07 Å². The zero-order valence-corrected chi connectivity index (χ0v) is 11.8. The van der Waals surface area contributed by atoms with Crippen LogP contribution in [-0.4, -0.2) is 4.98 Å². The molecule has 1 N–H and O–H groups in total. The normalized spacial score (nSPS) is 10.3. The molecule has 3 aromatic rings. The molecule has 102 valence electrons. The number of nitrogens with one attached hydrogen (secondary N) is 1. The van der Waals surface area contributed by atoms with Gasteiger partial charge in [-0.1, -0.05) is 48.0 Å². The molecule has 0 bridgehead atoms. The molecule has 0 aliphatic carbocycles. The molecule has 0 amide bonds. The Bertz CT molecular complexity index is 814. The topological polar surface area (TPSA) is 48.7 Å². The number of para-hydroxylation sites is 1. The summed E-state index contributed by atoms with van der Waals surface area (Å²) in [6.45, 7) is 2.75. The van der Waals surface area contributed by atoms with E-state index in [0.717, 1.165) is 16.6 Å². The number of benzene rings is 2. The zero-order valence-electron chi connectivity index (χ0n) is 11.8. The van der Waals surface area contributed by atoms with Crippen LogP contribution in [0.4, 0.5) is 5.69 Å². The minimum Gasteiger partial charge on any atom is -0.379 e. The first-order valence-corrected chi connectivity index (χ1v) is 6.85. The molecule has 21 heavy (non-hydrogen) atoms. The number of hydrogen-bond acceptors (Lipinski definition) is 3. The van der Waals surface area contributed by atoms with Gasteiger partial charge in [0, 0.05) is 18.1 Å². The Morgan fingerprint density at radius 1 is 1.10 bits per heavy atom. The van der Waals surface area contributed by atoms with Gasteiger partial charge in [-0.25, -0.2) is 0 Å². The monoisotopic (exact) mass is 273 g/mol. The van der Waals surface area contributed by atoms with E-state index >= 15 is 0 Å². The Labute approximate surface area is 123 Å². The van der Waals surface area contributed by atoms with E-state index in [-0.39, 0.29) is 0 Å². The molecular weight excluding hydrogens is 258 g/mol. The SMILES string of the molecule is Cc1ccc(CNc2c(C#N)cnc3ccccc23)cc1. The van der Waals surface area contributed by atoms with Gasteiger partial charge >= 0.3 is 0 Å². The van der Waals surface area contributed by atoms with Crippen molar-refractivity contribution in [1.82, 2.24) is 4.98 Å². The summed E-state index contributed by atoms with van der Waals surface area (Å²) in [7, 11) is 0. The standard InChI is InChI=1S/C18H15N3/c1-13-6-8-14(9-7-13)11-21-18-15(10-19)12-20-17-5-3-2-4-16(17)18/h2-9,12H,11H2,1H3,(H,20,21). The molecule has 0 aliphatic rings. The van der Waals surface area contributed by atoms with Gasteiger partial charge in [-0.15, -0.1) is 0 Å². The summed E-state index contributed by atoms with van der Waals surface area (Å²) < 4.78 is 0. The van der Waals surface area contributed by atoms with Crippen LogP contribution in [0, 0.1) is 18.3 Å². The Hall–Kier alpha value is -2.86. The van der Waals surface area contributed by atoms with E-state index in [1.165, 1.54) is 11.1 Å². The molecular formula is C18H15N3. The lowest BCUT2D eigenvalue weighted by molar-refractivity contribution is 1.14. The first kappa shape index (κ1) is 13.1. The third-order valence-corrected chi connectivity index (χ3v) is 3.49. The van der Waals surface area contributed by atoms with Crippen LogP contribution >= 0.6 is 0 Å². The van der Waals surface area contributed by atoms with Crippen LogP contribution in [0.5, 0.6) is 0 Å². The fourth-order valence-electron chi connectivity index (χ4n) is 2.31. The van der Waals surface area contributed by atoms with E-state index in [2.05, 4.69) is 47.6 Å². The molecule has 2 aromatic carbocycles. The predicted molar refractivity (Wildman–Crippen MR) is 85.0 cm³/mol. The van der Waals surface area contributed by atoms with Gasteiger partial charge in [0.15, 0.2) is 0 Å². The second kappa shape index (κ2) is 5.64. The molecule has 1 heterocycles. The van der Waals surface area contributed by atoms with Gasteiger partial charge in [-0.3, -0.25) is 4.98 Å². The number of nitriles is 1. The van der Waals surface area contributed by atoms with Crippen molar-refractivity contribution in [2.45, 2.75) is 13.5 Å². The van der Waals surface area contributed by atoms with Crippen LogP contribution in [0.1, 0.15) is 16.7 Å². The number of hydrogen-bond donors (Lipinski definition) is 1. The van der Waals surface area contributed by atoms with Gasteiger partial charge in [0.2, 0.25) is 0 Å². The Kier molecular flexibility index (Phi) is 3.53. The molecule has 0 fully saturated rings. The highest BCUT2D eigenvalue weighted by molar-refractivity contribution is 5.93. The quantitative estimate of drug-likeness (QED) is 0.783. The molecule has 3 heteroatoms. The number of nitrogens with zero attached hydrogens (tertiary/aromatic N) is 2. The van der Waals surface area contributed by atoms with Crippen LogP contribution in [-0.2, 0) is 6.54 Å². The van der Waals surface area contributed by atoms with E-state index in [0.29, 0.717) is 12.1 Å².